The number of H-pyrrole nitrogens is 4. The van der Waals surface area contributed by atoms with Crippen LogP contribution in [-0.2, 0) is 49.4 Å². The van der Waals surface area contributed by atoms with Crippen molar-refractivity contribution in [2.75, 3.05) is 76.3 Å². The number of amides is 3. The lowest BCUT2D eigenvalue weighted by molar-refractivity contribution is 0.101. The number of carbonyl (C=O) groups is 3. The molecule has 0 spiro atoms. The van der Waals surface area contributed by atoms with Crippen molar-refractivity contribution in [3.63, 3.8) is 0 Å². The smallest absolute Gasteiger partial charge is 0.262 e. The first-order valence-corrected chi connectivity index (χ1v) is 53.1. The molecule has 0 aliphatic carbocycles. The summed E-state index contributed by atoms with van der Waals surface area (Å²) in [4.78, 5) is 92.8. The minimum absolute atomic E-state index is 0.135. The highest BCUT2D eigenvalue weighted by molar-refractivity contribution is 7.93. The molecule has 3 aliphatic heterocycles. The van der Waals surface area contributed by atoms with Crippen molar-refractivity contribution < 1.29 is 56.5 Å². The maximum absolute atomic E-state index is 13.1. The fourth-order valence-corrected chi connectivity index (χ4v) is 21.2. The van der Waals surface area contributed by atoms with Crippen molar-refractivity contribution in [2.45, 2.75) is 138 Å². The van der Waals surface area contributed by atoms with E-state index in [4.69, 9.17) is 16.5 Å². The number of nitrogens with one attached hydrogen (secondary N) is 10. The number of hydrogen-bond donors (Lipinski definition) is 12. The fourth-order valence-electron chi connectivity index (χ4n) is 15.8. The number of fused-ring (bicyclic) bond motifs is 4. The lowest BCUT2D eigenvalue weighted by atomic mass is 10.0. The Bertz CT molecular complexity index is 7840. The molecule has 3 fully saturated rings. The summed E-state index contributed by atoms with van der Waals surface area (Å²) in [5.74, 6) is -0.739. The predicted octanol–water partition coefficient (Wildman–Crippen LogP) is 14.5. The molecule has 3 saturated heterocycles. The van der Waals surface area contributed by atoms with Crippen molar-refractivity contribution in [3.05, 3.63) is 272 Å². The van der Waals surface area contributed by atoms with Gasteiger partial charge in [0.1, 0.15) is 22.1 Å². The average Bonchev–Trinajstić information content (AvgIpc) is 1.47. The third kappa shape index (κ3) is 22.2. The Labute approximate surface area is 810 Å². The zero-order valence-electron chi connectivity index (χ0n) is 77.8. The highest BCUT2D eigenvalue weighted by atomic mass is 32.2. The summed E-state index contributed by atoms with van der Waals surface area (Å²) in [6.45, 7) is 19.4. The molecule has 1 unspecified atom stereocenters. The Kier molecular flexibility index (Phi) is 29.4. The van der Waals surface area contributed by atoms with Crippen LogP contribution in [0.15, 0.2) is 274 Å². The normalized spacial score (nSPS) is 15.0. The van der Waals surface area contributed by atoms with Crippen molar-refractivity contribution >= 4 is 146 Å². The summed E-state index contributed by atoms with van der Waals surface area (Å²) >= 11 is 0. The molecular formula is C100H106N22O13S5. The maximum atomic E-state index is 13.1. The summed E-state index contributed by atoms with van der Waals surface area (Å²) in [5.41, 5.74) is 27.6. The lowest BCUT2D eigenvalue weighted by Gasteiger charge is -2.32. The summed E-state index contributed by atoms with van der Waals surface area (Å²) in [6, 6.07) is 57.4. The van der Waals surface area contributed by atoms with Gasteiger partial charge in [0.15, 0.2) is 61.9 Å². The number of sulfonamides is 1. The van der Waals surface area contributed by atoms with Crippen LogP contribution < -0.4 is 52.6 Å². The molecule has 0 saturated carbocycles. The van der Waals surface area contributed by atoms with Gasteiger partial charge in [0.2, 0.25) is 0 Å². The molecule has 35 nitrogen and oxygen atoms in total. The zero-order chi connectivity index (χ0) is 99.1. The van der Waals surface area contributed by atoms with Gasteiger partial charge in [-0.15, -0.1) is 0 Å². The summed E-state index contributed by atoms with van der Waals surface area (Å²) in [5, 5.41) is 13.6. The number of nitrogens with two attached hydrogens (primary N) is 2. The van der Waals surface area contributed by atoms with Crippen LogP contribution in [0.1, 0.15) is 117 Å². The molecule has 0 bridgehead atoms. The van der Waals surface area contributed by atoms with Crippen molar-refractivity contribution in [3.8, 4) is 45.0 Å². The van der Waals surface area contributed by atoms with E-state index in [0.29, 0.717) is 107 Å². The van der Waals surface area contributed by atoms with Gasteiger partial charge in [0.05, 0.1) is 116 Å². The second-order valence-electron chi connectivity index (χ2n) is 35.1. The number of benzene rings is 8. The van der Waals surface area contributed by atoms with Crippen LogP contribution >= 0.6 is 0 Å². The molecule has 11 heterocycles. The van der Waals surface area contributed by atoms with Gasteiger partial charge >= 0.3 is 0 Å². The Morgan fingerprint density at radius 2 is 0.700 bits per heavy atom. The van der Waals surface area contributed by atoms with E-state index in [9.17, 15) is 56.5 Å². The van der Waals surface area contributed by atoms with Crippen LogP contribution in [0.2, 0.25) is 0 Å². The van der Waals surface area contributed by atoms with Gasteiger partial charge in [-0.1, -0.05) is 78.9 Å². The van der Waals surface area contributed by atoms with E-state index in [0.717, 1.165) is 98.7 Å². The Balaban J connectivity index is 0.000000135. The van der Waals surface area contributed by atoms with E-state index in [1.807, 2.05) is 54.6 Å². The summed E-state index contributed by atoms with van der Waals surface area (Å²) in [6.07, 6.45) is 15.8. The molecule has 3 aliphatic rings. The first-order chi connectivity index (χ1) is 66.9. The van der Waals surface area contributed by atoms with Gasteiger partial charge in [-0.2, -0.15) is 0 Å². The second kappa shape index (κ2) is 41.7. The molecular weight excluding hydrogens is 1880 g/mol. The fraction of sp³-hybridized carbons (Fsp3) is 0.250. The molecule has 3 amide bonds. The molecule has 0 radical (unpaired) electrons. The monoisotopic (exact) mass is 1980 g/mol. The van der Waals surface area contributed by atoms with Crippen LogP contribution in [0.5, 0.6) is 0 Å². The van der Waals surface area contributed by atoms with E-state index in [2.05, 4.69) is 95.9 Å². The largest absolute Gasteiger partial charge is 0.371 e. The zero-order valence-corrected chi connectivity index (χ0v) is 81.8. The highest BCUT2D eigenvalue weighted by Gasteiger charge is 2.29. The standard InChI is InChI=1S/C27H30N6O3S.2C26H28N6O3S.C21H20N4O4S2/c1-17(2)37(35,36)22-9-5-18(6-10-22)23-15-29-26-25(31-23)24(16-30-26)32-27(34)19-3-7-21(8-4-19)33-13-11-20(28)12-14-33;1-16(2)36(34,35)21-9-5-17(6-10-21)22-13-28-25-24(30-22)23(14-29-25)31-26(33)18-3-7-20(8-4-18)32-12-11-19(27)15-32;1-16(2)36(34,35)20-8-6-17(7-9-20)22-14-29-25-24(31-22)23(15-30-25)32-26(33)19-5-3-4-18(12-19)21-13-27-10-11-28-21;1-14(2)30(26,27)16-10-8-15(9-11-16)18-12-22-21-20(24-18)19(13-23-21)25-31(28,29)17-6-4-3-5-7-17/h3-10,15-17,20H,11-14,28H2,1-2H3,(H,29,30)(H,32,34);3-10,13-14,16,19H,11-12,15,27H2,1-2H3,(H,28,29)(H,31,33);3-9,12,14-16,21,27-28H,10-11,13H2,1-2H3,(H,29,30)(H,32,33);3-14,25H,1-2H3,(H,22,23)/t;19-;;/m.0../s1. The van der Waals surface area contributed by atoms with Gasteiger partial charge in [0, 0.05) is 139 Å². The van der Waals surface area contributed by atoms with Crippen LogP contribution in [0.25, 0.3) is 89.7 Å². The number of piperidine rings is 1. The number of aromatic amines is 4. The molecule has 16 aromatic rings. The molecule has 14 N–H and O–H groups in total. The SMILES string of the molecule is CC(C)S(=O)(=O)c1ccc(-c2cnc3[nH]cc(NC(=O)c4ccc(N5CCC(N)CC5)cc4)c3n2)cc1.CC(C)S(=O)(=O)c1ccc(-c2cnc3[nH]cc(NC(=O)c4ccc(N5CC[C@H](N)C5)cc4)c3n2)cc1.CC(C)S(=O)(=O)c1ccc(-c2cnc3[nH]cc(NC(=O)c4cccc(C5CNCCN5)c4)c3n2)cc1.CC(C)S(=O)(=O)c1ccc(-c2cnc3[nH]cc(NS(=O)(=O)c4ccccc4)c3n2)cc1. The van der Waals surface area contributed by atoms with Crippen LogP contribution in [-0.4, -0.2) is 199 Å². The Morgan fingerprint density at radius 3 is 1.04 bits per heavy atom. The topological polar surface area (TPSA) is 519 Å². The average molecular weight is 1980 g/mol. The number of rotatable bonds is 24. The maximum Gasteiger partial charge on any atom is 0.262 e. The first-order valence-electron chi connectivity index (χ1n) is 45.5. The van der Waals surface area contributed by atoms with Gasteiger partial charge < -0.3 is 67.8 Å². The van der Waals surface area contributed by atoms with Gasteiger partial charge in [0.25, 0.3) is 27.7 Å². The minimum atomic E-state index is -3.79. The quantitative estimate of drug-likeness (QED) is 0.0267. The van der Waals surface area contributed by atoms with Crippen molar-refractivity contribution in [1.82, 2.24) is 70.4 Å². The third-order valence-corrected chi connectivity index (χ3v) is 34.4. The van der Waals surface area contributed by atoms with E-state index in [1.54, 1.807) is 220 Å². The molecule has 8 aromatic carbocycles. The number of piperazine rings is 1. The van der Waals surface area contributed by atoms with Crippen LogP contribution in [0.3, 0.4) is 0 Å². The number of nitrogens with zero attached hydrogens (tertiary/aromatic N) is 10. The summed E-state index contributed by atoms with van der Waals surface area (Å²) in [7, 11) is -17.2. The molecule has 8 aromatic heterocycles. The van der Waals surface area contributed by atoms with Gasteiger partial charge in [-0.05, 0) is 202 Å². The molecule has 724 valence electrons. The summed E-state index contributed by atoms with van der Waals surface area (Å²) < 4.78 is 127. The van der Waals surface area contributed by atoms with Crippen LogP contribution in [0, 0.1) is 0 Å². The van der Waals surface area contributed by atoms with E-state index < -0.39 is 70.4 Å². The molecule has 140 heavy (non-hydrogen) atoms. The molecule has 2 atom stereocenters. The Hall–Kier alpha value is -14.4. The third-order valence-electron chi connectivity index (χ3n) is 24.3. The van der Waals surface area contributed by atoms with Crippen LogP contribution in [0.4, 0.5) is 34.1 Å². The predicted molar refractivity (Wildman–Crippen MR) is 545 cm³/mol. The highest BCUT2D eigenvalue weighted by Crippen LogP contribution is 2.35. The number of aromatic nitrogens is 12. The first kappa shape index (κ1) is 98.7. The minimum Gasteiger partial charge on any atom is -0.371 e. The number of carbonyl (C=O) groups excluding carboxylic acids is 3. The van der Waals surface area contributed by atoms with E-state index in [-0.39, 0.29) is 66.0 Å². The number of hydrogen-bond acceptors (Lipinski definition) is 27. The second-order valence-corrected chi connectivity index (χ2v) is 46.8. The van der Waals surface area contributed by atoms with E-state index in [1.165, 1.54) is 30.5 Å². The van der Waals surface area contributed by atoms with Gasteiger partial charge in [-0.25, -0.2) is 82.0 Å². The van der Waals surface area contributed by atoms with E-state index >= 15 is 0 Å². The molecule has 40 heteroatoms. The Morgan fingerprint density at radius 1 is 0.364 bits per heavy atom. The van der Waals surface area contributed by atoms with Crippen molar-refractivity contribution in [2.24, 2.45) is 11.5 Å². The number of sulfone groups is 4. The van der Waals surface area contributed by atoms with Gasteiger partial charge in [-0.3, -0.25) is 19.1 Å². The molecule has 19 rings (SSSR count). The lowest BCUT2D eigenvalue weighted by Crippen LogP contribution is -2.42. The number of anilines is 6. The van der Waals surface area contributed by atoms with Crippen molar-refractivity contribution in [1.29, 1.82) is 0 Å².